The number of sulfonamides is 1. The average molecular weight is 505 g/mol. The van der Waals surface area contributed by atoms with Crippen LogP contribution < -0.4 is 4.72 Å². The van der Waals surface area contributed by atoms with Gasteiger partial charge in [-0.05, 0) is 13.3 Å². The highest BCUT2D eigenvalue weighted by atomic mass is 35.5. The van der Waals surface area contributed by atoms with Gasteiger partial charge in [0, 0.05) is 52.7 Å². The summed E-state index contributed by atoms with van der Waals surface area (Å²) < 4.78 is 52.5. The van der Waals surface area contributed by atoms with Gasteiger partial charge in [-0.3, -0.25) is 9.29 Å². The van der Waals surface area contributed by atoms with E-state index in [1.54, 1.807) is 11.7 Å². The average Bonchev–Trinajstić information content (AvgIpc) is 3.46. The molecule has 0 radical (unpaired) electrons. The van der Waals surface area contributed by atoms with Gasteiger partial charge in [-0.15, -0.1) is 10.2 Å². The van der Waals surface area contributed by atoms with Crippen molar-refractivity contribution in [3.8, 4) is 0 Å². The highest BCUT2D eigenvalue weighted by molar-refractivity contribution is 7.93. The van der Waals surface area contributed by atoms with E-state index in [2.05, 4.69) is 24.9 Å². The minimum atomic E-state index is -4.01. The van der Waals surface area contributed by atoms with Gasteiger partial charge in [-0.1, -0.05) is 11.6 Å². The van der Waals surface area contributed by atoms with Gasteiger partial charge in [0.1, 0.15) is 23.4 Å². The zero-order valence-corrected chi connectivity index (χ0v) is 20.5. The van der Waals surface area contributed by atoms with Crippen LogP contribution in [0.5, 0.6) is 0 Å². The SMILES string of the molecule is COCCC(OC)n1c(NS(=O)(=O)[C@@H](C)[C@H](OC)c2ncc(Cl)cn2)nnc1[C@@H]1CCOC1. The standard InChI is InChI=1S/C19H29ClN6O6S/c1-12(16(31-4)17-21-9-14(20)10-22-17)33(27,28)25-19-24-23-18(13-5-8-32-11-13)26(19)15(30-3)6-7-29-2/h9-10,12-13,15-16H,5-8,11H2,1-4H3,(H,24,25)/t12-,13+,15?,16-/m0/s1. The Kier molecular flexibility index (Phi) is 8.95. The summed E-state index contributed by atoms with van der Waals surface area (Å²) in [5.74, 6) is 0.797. The van der Waals surface area contributed by atoms with Gasteiger partial charge in [0.25, 0.3) is 0 Å². The van der Waals surface area contributed by atoms with Crippen molar-refractivity contribution in [2.45, 2.75) is 43.3 Å². The summed E-state index contributed by atoms with van der Waals surface area (Å²) in [6, 6.07) is 0. The summed E-state index contributed by atoms with van der Waals surface area (Å²) >= 11 is 5.85. The van der Waals surface area contributed by atoms with E-state index in [9.17, 15) is 8.42 Å². The number of aromatic nitrogens is 5. The van der Waals surface area contributed by atoms with Crippen LogP contribution >= 0.6 is 11.6 Å². The first kappa shape index (κ1) is 25.7. The zero-order valence-electron chi connectivity index (χ0n) is 19.0. The van der Waals surface area contributed by atoms with Crippen LogP contribution in [0.15, 0.2) is 12.4 Å². The van der Waals surface area contributed by atoms with Gasteiger partial charge < -0.3 is 18.9 Å². The fraction of sp³-hybridized carbons (Fsp3) is 0.684. The second-order valence-corrected chi connectivity index (χ2v) is 10.0. The van der Waals surface area contributed by atoms with E-state index < -0.39 is 27.6 Å². The van der Waals surface area contributed by atoms with E-state index in [0.29, 0.717) is 37.1 Å². The molecular formula is C19H29ClN6O6S. The predicted molar refractivity (Wildman–Crippen MR) is 120 cm³/mol. The number of hydrogen-bond donors (Lipinski definition) is 1. The number of rotatable bonds is 12. The van der Waals surface area contributed by atoms with Gasteiger partial charge in [0.15, 0.2) is 5.82 Å². The lowest BCUT2D eigenvalue weighted by molar-refractivity contribution is 0.0151. The summed E-state index contributed by atoms with van der Waals surface area (Å²) in [7, 11) is 0.502. The third kappa shape index (κ3) is 5.97. The molecule has 4 atom stereocenters. The molecule has 1 fully saturated rings. The van der Waals surface area contributed by atoms with Crippen LogP contribution in [0.1, 0.15) is 49.7 Å². The summed E-state index contributed by atoms with van der Waals surface area (Å²) in [6.45, 7) is 2.97. The number of methoxy groups -OCH3 is 3. The first-order chi connectivity index (χ1) is 15.8. The largest absolute Gasteiger partial charge is 0.385 e. The van der Waals surface area contributed by atoms with Gasteiger partial charge >= 0.3 is 0 Å². The van der Waals surface area contributed by atoms with Crippen molar-refractivity contribution in [2.75, 3.05) is 45.9 Å². The van der Waals surface area contributed by atoms with Crippen LogP contribution in [0.2, 0.25) is 5.02 Å². The smallest absolute Gasteiger partial charge is 0.240 e. The molecule has 33 heavy (non-hydrogen) atoms. The first-order valence-corrected chi connectivity index (χ1v) is 12.3. The third-order valence-electron chi connectivity index (χ3n) is 5.44. The number of nitrogens with zero attached hydrogens (tertiary/aromatic N) is 5. The Morgan fingerprint density at radius 1 is 1.24 bits per heavy atom. The Labute approximate surface area is 198 Å². The fourth-order valence-electron chi connectivity index (χ4n) is 3.60. The number of ether oxygens (including phenoxy) is 4. The molecule has 1 saturated heterocycles. The molecule has 0 aromatic carbocycles. The third-order valence-corrected chi connectivity index (χ3v) is 7.33. The molecule has 0 saturated carbocycles. The molecule has 12 nitrogen and oxygen atoms in total. The van der Waals surface area contributed by atoms with Gasteiger partial charge in [-0.2, -0.15) is 0 Å². The second-order valence-electron chi connectivity index (χ2n) is 7.55. The summed E-state index contributed by atoms with van der Waals surface area (Å²) in [6.07, 6.45) is 2.51. The Morgan fingerprint density at radius 2 is 1.97 bits per heavy atom. The molecular weight excluding hydrogens is 476 g/mol. The van der Waals surface area contributed by atoms with Crippen LogP contribution in [-0.2, 0) is 29.0 Å². The number of nitrogens with one attached hydrogen (secondary N) is 1. The molecule has 1 N–H and O–H groups in total. The lowest BCUT2D eigenvalue weighted by atomic mass is 10.1. The summed E-state index contributed by atoms with van der Waals surface area (Å²) in [4.78, 5) is 8.20. The Balaban J connectivity index is 1.92. The van der Waals surface area contributed by atoms with Crippen LogP contribution in [0.4, 0.5) is 5.95 Å². The Hall–Kier alpha value is -1.90. The van der Waals surface area contributed by atoms with E-state index in [-0.39, 0.29) is 17.7 Å². The molecule has 1 aliphatic heterocycles. The van der Waals surface area contributed by atoms with E-state index in [0.717, 1.165) is 6.42 Å². The van der Waals surface area contributed by atoms with E-state index >= 15 is 0 Å². The van der Waals surface area contributed by atoms with Crippen LogP contribution in [-0.4, -0.2) is 79.6 Å². The molecule has 0 aliphatic carbocycles. The molecule has 3 rings (SSSR count). The zero-order chi connectivity index (χ0) is 24.0. The Morgan fingerprint density at radius 3 is 2.55 bits per heavy atom. The lowest BCUT2D eigenvalue weighted by Crippen LogP contribution is -2.34. The highest BCUT2D eigenvalue weighted by Gasteiger charge is 2.36. The van der Waals surface area contributed by atoms with Gasteiger partial charge in [0.05, 0.1) is 18.2 Å². The molecule has 2 aromatic heterocycles. The van der Waals surface area contributed by atoms with Crippen molar-refractivity contribution < 1.29 is 27.4 Å². The highest BCUT2D eigenvalue weighted by Crippen LogP contribution is 2.31. The lowest BCUT2D eigenvalue weighted by Gasteiger charge is -2.24. The molecule has 1 aliphatic rings. The van der Waals surface area contributed by atoms with Crippen molar-refractivity contribution in [3.63, 3.8) is 0 Å². The molecule has 1 unspecified atom stereocenters. The number of hydrogen-bond acceptors (Lipinski definition) is 10. The molecule has 0 spiro atoms. The van der Waals surface area contributed by atoms with Crippen molar-refractivity contribution in [1.82, 2.24) is 24.7 Å². The number of halogens is 1. The van der Waals surface area contributed by atoms with Gasteiger partial charge in [-0.25, -0.2) is 18.4 Å². The van der Waals surface area contributed by atoms with E-state index in [1.165, 1.54) is 33.5 Å². The Bertz CT molecular complexity index is 999. The molecule has 0 amide bonds. The minimum Gasteiger partial charge on any atom is -0.385 e. The molecule has 2 aromatic rings. The maximum atomic E-state index is 13.3. The minimum absolute atomic E-state index is 0.0254. The maximum Gasteiger partial charge on any atom is 0.240 e. The van der Waals surface area contributed by atoms with Crippen LogP contribution in [0.3, 0.4) is 0 Å². The molecule has 184 valence electrons. The first-order valence-electron chi connectivity index (χ1n) is 10.4. The molecule has 0 bridgehead atoms. The topological polar surface area (TPSA) is 140 Å². The second kappa shape index (κ2) is 11.5. The van der Waals surface area contributed by atoms with Crippen molar-refractivity contribution in [1.29, 1.82) is 0 Å². The van der Waals surface area contributed by atoms with Crippen molar-refractivity contribution >= 4 is 27.6 Å². The van der Waals surface area contributed by atoms with Crippen LogP contribution in [0.25, 0.3) is 0 Å². The normalized spacial score (nSPS) is 19.4. The molecule has 14 heteroatoms. The van der Waals surface area contributed by atoms with E-state index in [1.807, 2.05) is 0 Å². The summed E-state index contributed by atoms with van der Waals surface area (Å²) in [5, 5.41) is 7.67. The number of anilines is 1. The molecule has 3 heterocycles. The fourth-order valence-corrected chi connectivity index (χ4v) is 4.84. The van der Waals surface area contributed by atoms with Crippen LogP contribution in [0, 0.1) is 0 Å². The van der Waals surface area contributed by atoms with E-state index in [4.69, 9.17) is 30.5 Å². The van der Waals surface area contributed by atoms with Gasteiger partial charge in [0.2, 0.25) is 16.0 Å². The summed E-state index contributed by atoms with van der Waals surface area (Å²) in [5.41, 5.74) is 0. The predicted octanol–water partition coefficient (Wildman–Crippen LogP) is 1.92. The van der Waals surface area contributed by atoms with Crippen molar-refractivity contribution in [2.24, 2.45) is 0 Å². The van der Waals surface area contributed by atoms with Crippen molar-refractivity contribution in [3.05, 3.63) is 29.1 Å². The monoisotopic (exact) mass is 504 g/mol. The quantitative estimate of drug-likeness (QED) is 0.455. The maximum absolute atomic E-state index is 13.3.